The Hall–Kier alpha value is -0.840. The highest BCUT2D eigenvalue weighted by Gasteiger charge is 2.03. The van der Waals surface area contributed by atoms with Gasteiger partial charge in [0.1, 0.15) is 0 Å². The van der Waals surface area contributed by atoms with Crippen LogP contribution in [0.25, 0.3) is 0 Å². The number of hydrogen-bond donors (Lipinski definition) is 1. The lowest BCUT2D eigenvalue weighted by Gasteiger charge is -2.05. The van der Waals surface area contributed by atoms with Crippen LogP contribution in [-0.2, 0) is 13.1 Å². The van der Waals surface area contributed by atoms with E-state index in [1.54, 1.807) is 6.20 Å². The molecule has 0 spiro atoms. The van der Waals surface area contributed by atoms with Crippen LogP contribution >= 0.6 is 22.9 Å². The van der Waals surface area contributed by atoms with E-state index in [0.717, 1.165) is 30.4 Å². The molecule has 2 aromatic heterocycles. The Morgan fingerprint density at radius 3 is 2.82 bits per heavy atom. The van der Waals surface area contributed by atoms with Crippen molar-refractivity contribution in [3.05, 3.63) is 38.8 Å². The molecule has 0 aliphatic rings. The Bertz CT molecular complexity index is 490. The second-order valence-electron chi connectivity index (χ2n) is 3.99. The Kier molecular flexibility index (Phi) is 4.20. The number of thiophene rings is 1. The van der Waals surface area contributed by atoms with E-state index in [1.807, 2.05) is 22.9 Å². The smallest absolute Gasteiger partial charge is 0.0814 e. The van der Waals surface area contributed by atoms with Crippen LogP contribution in [0.1, 0.15) is 15.4 Å². The van der Waals surface area contributed by atoms with Crippen molar-refractivity contribution in [1.82, 2.24) is 15.1 Å². The zero-order chi connectivity index (χ0) is 12.3. The maximum Gasteiger partial charge on any atom is 0.0814 e. The Morgan fingerprint density at radius 2 is 2.24 bits per heavy atom. The first-order valence-electron chi connectivity index (χ1n) is 5.61. The van der Waals surface area contributed by atoms with E-state index in [4.69, 9.17) is 11.6 Å². The Balaban J connectivity index is 1.75. The van der Waals surface area contributed by atoms with Gasteiger partial charge in [0.15, 0.2) is 0 Å². The third kappa shape index (κ3) is 3.31. The third-order valence-corrected chi connectivity index (χ3v) is 4.01. The summed E-state index contributed by atoms with van der Waals surface area (Å²) in [4.78, 5) is 2.73. The second kappa shape index (κ2) is 5.67. The molecule has 0 saturated heterocycles. The number of halogens is 1. The van der Waals surface area contributed by atoms with Crippen LogP contribution in [0.2, 0.25) is 5.02 Å². The van der Waals surface area contributed by atoms with Crippen LogP contribution in [0, 0.1) is 13.8 Å². The normalized spacial score (nSPS) is 11.0. The SMILES string of the molecule is Cc1ccc(CNCCn2ncc(Cl)c2C)s1. The van der Waals surface area contributed by atoms with Gasteiger partial charge in [0.25, 0.3) is 0 Å². The summed E-state index contributed by atoms with van der Waals surface area (Å²) in [6.07, 6.45) is 1.69. The fraction of sp³-hybridized carbons (Fsp3) is 0.417. The average molecular weight is 270 g/mol. The molecular formula is C12H16ClN3S. The van der Waals surface area contributed by atoms with Gasteiger partial charge in [-0.1, -0.05) is 11.6 Å². The first kappa shape index (κ1) is 12.6. The first-order chi connectivity index (χ1) is 8.16. The fourth-order valence-corrected chi connectivity index (χ4v) is 2.63. The van der Waals surface area contributed by atoms with Gasteiger partial charge >= 0.3 is 0 Å². The number of nitrogens with one attached hydrogen (secondary N) is 1. The van der Waals surface area contributed by atoms with Crippen LogP contribution < -0.4 is 5.32 Å². The Labute approximate surface area is 110 Å². The molecule has 0 atom stereocenters. The standard InChI is InChI=1S/C12H16ClN3S/c1-9-3-4-11(17-9)7-14-5-6-16-10(2)12(13)8-15-16/h3-4,8,14H,5-7H2,1-2H3. The lowest BCUT2D eigenvalue weighted by Crippen LogP contribution is -2.20. The van der Waals surface area contributed by atoms with Gasteiger partial charge in [-0.15, -0.1) is 11.3 Å². The van der Waals surface area contributed by atoms with Crippen LogP contribution in [-0.4, -0.2) is 16.3 Å². The molecular weight excluding hydrogens is 254 g/mol. The van der Waals surface area contributed by atoms with E-state index < -0.39 is 0 Å². The van der Waals surface area contributed by atoms with E-state index >= 15 is 0 Å². The van der Waals surface area contributed by atoms with Crippen LogP contribution in [0.4, 0.5) is 0 Å². The molecule has 0 aromatic carbocycles. The highest BCUT2D eigenvalue weighted by molar-refractivity contribution is 7.11. The maximum absolute atomic E-state index is 5.94. The lowest BCUT2D eigenvalue weighted by molar-refractivity contribution is 0.546. The fourth-order valence-electron chi connectivity index (χ4n) is 1.63. The van der Waals surface area contributed by atoms with Gasteiger partial charge in [-0.2, -0.15) is 5.10 Å². The van der Waals surface area contributed by atoms with Crippen molar-refractivity contribution < 1.29 is 0 Å². The molecule has 2 heterocycles. The summed E-state index contributed by atoms with van der Waals surface area (Å²) in [5.74, 6) is 0. The van der Waals surface area contributed by atoms with E-state index in [9.17, 15) is 0 Å². The van der Waals surface area contributed by atoms with E-state index in [0.29, 0.717) is 0 Å². The predicted molar refractivity (Wildman–Crippen MR) is 72.7 cm³/mol. The molecule has 17 heavy (non-hydrogen) atoms. The van der Waals surface area contributed by atoms with Crippen molar-refractivity contribution in [2.45, 2.75) is 26.9 Å². The first-order valence-corrected chi connectivity index (χ1v) is 6.80. The summed E-state index contributed by atoms with van der Waals surface area (Å²) in [5.41, 5.74) is 1.03. The van der Waals surface area contributed by atoms with Gasteiger partial charge in [0.2, 0.25) is 0 Å². The van der Waals surface area contributed by atoms with Gasteiger partial charge in [0.05, 0.1) is 23.5 Å². The van der Waals surface area contributed by atoms with Gasteiger partial charge in [0, 0.05) is 22.8 Å². The molecule has 0 aliphatic carbocycles. The van der Waals surface area contributed by atoms with Crippen molar-refractivity contribution in [1.29, 1.82) is 0 Å². The van der Waals surface area contributed by atoms with Crippen LogP contribution in [0.15, 0.2) is 18.3 Å². The average Bonchev–Trinajstić information content (AvgIpc) is 2.84. The molecule has 5 heteroatoms. The van der Waals surface area contributed by atoms with Crippen molar-refractivity contribution in [3.63, 3.8) is 0 Å². The molecule has 0 bridgehead atoms. The quantitative estimate of drug-likeness (QED) is 0.846. The number of hydrogen-bond acceptors (Lipinski definition) is 3. The van der Waals surface area contributed by atoms with Crippen molar-refractivity contribution >= 4 is 22.9 Å². The van der Waals surface area contributed by atoms with E-state index in [-0.39, 0.29) is 0 Å². The number of aryl methyl sites for hydroxylation is 1. The molecule has 0 unspecified atom stereocenters. The lowest BCUT2D eigenvalue weighted by atomic mass is 10.4. The molecule has 1 N–H and O–H groups in total. The highest BCUT2D eigenvalue weighted by Crippen LogP contribution is 2.14. The van der Waals surface area contributed by atoms with Crippen LogP contribution in [0.3, 0.4) is 0 Å². The molecule has 2 rings (SSSR count). The van der Waals surface area contributed by atoms with Crippen molar-refractivity contribution in [3.8, 4) is 0 Å². The molecule has 92 valence electrons. The second-order valence-corrected chi connectivity index (χ2v) is 5.77. The summed E-state index contributed by atoms with van der Waals surface area (Å²) in [6.45, 7) is 6.78. The number of aromatic nitrogens is 2. The number of nitrogens with zero attached hydrogens (tertiary/aromatic N) is 2. The predicted octanol–water partition coefficient (Wildman–Crippen LogP) is 3.00. The van der Waals surface area contributed by atoms with Gasteiger partial charge in [-0.3, -0.25) is 4.68 Å². The summed E-state index contributed by atoms with van der Waals surface area (Å²) < 4.78 is 1.93. The van der Waals surface area contributed by atoms with E-state index in [1.165, 1.54) is 9.75 Å². The Morgan fingerprint density at radius 1 is 1.41 bits per heavy atom. The molecule has 3 nitrogen and oxygen atoms in total. The van der Waals surface area contributed by atoms with Gasteiger partial charge in [-0.05, 0) is 26.0 Å². The monoisotopic (exact) mass is 269 g/mol. The minimum Gasteiger partial charge on any atom is -0.310 e. The van der Waals surface area contributed by atoms with E-state index in [2.05, 4.69) is 29.5 Å². The molecule has 0 aliphatic heterocycles. The molecule has 0 radical (unpaired) electrons. The van der Waals surface area contributed by atoms with Gasteiger partial charge < -0.3 is 5.32 Å². The molecule has 2 aromatic rings. The third-order valence-electron chi connectivity index (χ3n) is 2.64. The summed E-state index contributed by atoms with van der Waals surface area (Å²) in [6, 6.07) is 4.32. The minimum absolute atomic E-state index is 0.735. The van der Waals surface area contributed by atoms with Crippen molar-refractivity contribution in [2.75, 3.05) is 6.54 Å². The summed E-state index contributed by atoms with van der Waals surface area (Å²) in [5, 5.41) is 8.35. The maximum atomic E-state index is 5.94. The number of rotatable bonds is 5. The topological polar surface area (TPSA) is 29.9 Å². The van der Waals surface area contributed by atoms with Gasteiger partial charge in [-0.25, -0.2) is 0 Å². The zero-order valence-electron chi connectivity index (χ0n) is 10.0. The highest BCUT2D eigenvalue weighted by atomic mass is 35.5. The summed E-state index contributed by atoms with van der Waals surface area (Å²) >= 11 is 7.77. The van der Waals surface area contributed by atoms with Crippen LogP contribution in [0.5, 0.6) is 0 Å². The molecule has 0 fully saturated rings. The minimum atomic E-state index is 0.735. The summed E-state index contributed by atoms with van der Waals surface area (Å²) in [7, 11) is 0. The largest absolute Gasteiger partial charge is 0.310 e. The zero-order valence-corrected chi connectivity index (χ0v) is 11.6. The molecule has 0 amide bonds. The van der Waals surface area contributed by atoms with Crippen molar-refractivity contribution in [2.24, 2.45) is 0 Å². The molecule has 0 saturated carbocycles.